The lowest BCUT2D eigenvalue weighted by atomic mass is 10.1. The predicted octanol–water partition coefficient (Wildman–Crippen LogP) is 4.11. The molecule has 2 aromatic carbocycles. The summed E-state index contributed by atoms with van der Waals surface area (Å²) in [5, 5.41) is 3.04. The van der Waals surface area contributed by atoms with Crippen molar-refractivity contribution in [2.75, 3.05) is 13.2 Å². The summed E-state index contributed by atoms with van der Waals surface area (Å²) >= 11 is 0. The lowest BCUT2D eigenvalue weighted by molar-refractivity contribution is -0.128. The topological polar surface area (TPSA) is 56.8 Å². The van der Waals surface area contributed by atoms with Crippen molar-refractivity contribution in [2.24, 2.45) is 0 Å². The number of rotatable bonds is 6. The van der Waals surface area contributed by atoms with Crippen LogP contribution in [0.2, 0.25) is 0 Å². The summed E-state index contributed by atoms with van der Waals surface area (Å²) in [6.45, 7) is 9.09. The molecular weight excluding hydrogens is 342 g/mol. The normalized spacial score (nSPS) is 15.0. The van der Waals surface area contributed by atoms with E-state index in [0.717, 1.165) is 22.6 Å². The molecule has 1 aliphatic rings. The van der Waals surface area contributed by atoms with Gasteiger partial charge in [0.1, 0.15) is 19.0 Å². The average molecular weight is 369 g/mol. The molecule has 5 nitrogen and oxygen atoms in total. The van der Waals surface area contributed by atoms with Gasteiger partial charge in [0.2, 0.25) is 0 Å². The first-order valence-electron chi connectivity index (χ1n) is 9.41. The molecule has 1 N–H and O–H groups in total. The van der Waals surface area contributed by atoms with Gasteiger partial charge in [0.15, 0.2) is 17.6 Å². The summed E-state index contributed by atoms with van der Waals surface area (Å²) in [7, 11) is 0. The smallest absolute Gasteiger partial charge is 0.261 e. The molecule has 0 saturated heterocycles. The monoisotopic (exact) mass is 369 g/mol. The number of benzene rings is 2. The van der Waals surface area contributed by atoms with Crippen LogP contribution in [-0.4, -0.2) is 25.2 Å². The van der Waals surface area contributed by atoms with Gasteiger partial charge in [0.05, 0.1) is 6.04 Å². The number of fused-ring (bicyclic) bond motifs is 1. The summed E-state index contributed by atoms with van der Waals surface area (Å²) in [6.07, 6.45) is 0.0545. The summed E-state index contributed by atoms with van der Waals surface area (Å²) in [6, 6.07) is 11.5. The van der Waals surface area contributed by atoms with Crippen LogP contribution in [0, 0.1) is 13.8 Å². The van der Waals surface area contributed by atoms with E-state index in [-0.39, 0.29) is 11.9 Å². The van der Waals surface area contributed by atoms with E-state index in [1.165, 1.54) is 5.56 Å². The van der Waals surface area contributed by atoms with Gasteiger partial charge in [-0.3, -0.25) is 4.79 Å². The van der Waals surface area contributed by atoms with Crippen LogP contribution < -0.4 is 19.5 Å². The molecule has 0 fully saturated rings. The van der Waals surface area contributed by atoms with Crippen LogP contribution in [0.3, 0.4) is 0 Å². The number of hydrogen-bond acceptors (Lipinski definition) is 4. The molecule has 0 bridgehead atoms. The summed E-state index contributed by atoms with van der Waals surface area (Å²) in [5.41, 5.74) is 3.31. The van der Waals surface area contributed by atoms with E-state index < -0.39 is 6.10 Å². The molecule has 2 unspecified atom stereocenters. The molecule has 2 atom stereocenters. The zero-order chi connectivity index (χ0) is 19.4. The fourth-order valence-corrected chi connectivity index (χ4v) is 2.99. The quantitative estimate of drug-likeness (QED) is 0.833. The van der Waals surface area contributed by atoms with Crippen molar-refractivity contribution in [1.29, 1.82) is 0 Å². The molecule has 1 aliphatic heterocycles. The van der Waals surface area contributed by atoms with E-state index in [1.54, 1.807) is 0 Å². The molecular formula is C22H27NO4. The van der Waals surface area contributed by atoms with Crippen molar-refractivity contribution in [3.63, 3.8) is 0 Å². The van der Waals surface area contributed by atoms with Gasteiger partial charge in [-0.05, 0) is 68.1 Å². The Morgan fingerprint density at radius 3 is 2.52 bits per heavy atom. The maximum atomic E-state index is 12.7. The maximum absolute atomic E-state index is 12.7. The highest BCUT2D eigenvalue weighted by Gasteiger charge is 2.22. The summed E-state index contributed by atoms with van der Waals surface area (Å²) in [4.78, 5) is 12.7. The molecule has 5 heteroatoms. The number of hydrogen-bond donors (Lipinski definition) is 1. The van der Waals surface area contributed by atoms with Crippen LogP contribution in [-0.2, 0) is 4.79 Å². The van der Waals surface area contributed by atoms with E-state index in [0.29, 0.717) is 25.4 Å². The van der Waals surface area contributed by atoms with E-state index in [4.69, 9.17) is 14.2 Å². The van der Waals surface area contributed by atoms with Crippen molar-refractivity contribution < 1.29 is 19.0 Å². The zero-order valence-corrected chi connectivity index (χ0v) is 16.4. The van der Waals surface area contributed by atoms with Crippen LogP contribution in [0.25, 0.3) is 0 Å². The molecule has 27 heavy (non-hydrogen) atoms. The highest BCUT2D eigenvalue weighted by molar-refractivity contribution is 5.81. The fraction of sp³-hybridized carbons (Fsp3) is 0.409. The SMILES string of the molecule is CCC(Oc1ccc(C)c(C)c1)C(=O)NC(C)c1ccc2c(c1)OCCO2. The van der Waals surface area contributed by atoms with Crippen molar-refractivity contribution in [1.82, 2.24) is 5.32 Å². The maximum Gasteiger partial charge on any atom is 0.261 e. The Balaban J connectivity index is 1.66. The van der Waals surface area contributed by atoms with Crippen molar-refractivity contribution in [2.45, 2.75) is 46.3 Å². The summed E-state index contributed by atoms with van der Waals surface area (Å²) in [5.74, 6) is 2.05. The molecule has 0 saturated carbocycles. The predicted molar refractivity (Wildman–Crippen MR) is 105 cm³/mol. The number of nitrogens with one attached hydrogen (secondary N) is 1. The molecule has 0 aromatic heterocycles. The third-order valence-corrected chi connectivity index (χ3v) is 4.84. The van der Waals surface area contributed by atoms with Gasteiger partial charge in [-0.25, -0.2) is 0 Å². The average Bonchev–Trinajstić information content (AvgIpc) is 2.68. The van der Waals surface area contributed by atoms with E-state index >= 15 is 0 Å². The number of ether oxygens (including phenoxy) is 3. The second-order valence-electron chi connectivity index (χ2n) is 6.89. The Labute approximate surface area is 160 Å². The van der Waals surface area contributed by atoms with Crippen LogP contribution in [0.15, 0.2) is 36.4 Å². The highest BCUT2D eigenvalue weighted by atomic mass is 16.6. The van der Waals surface area contributed by atoms with Gasteiger partial charge in [-0.1, -0.05) is 19.1 Å². The molecule has 0 spiro atoms. The van der Waals surface area contributed by atoms with Crippen LogP contribution in [0.4, 0.5) is 0 Å². The molecule has 144 valence electrons. The van der Waals surface area contributed by atoms with Crippen molar-refractivity contribution >= 4 is 5.91 Å². The molecule has 1 amide bonds. The Morgan fingerprint density at radius 2 is 1.81 bits per heavy atom. The fourth-order valence-electron chi connectivity index (χ4n) is 2.99. The molecule has 2 aromatic rings. The Hall–Kier alpha value is -2.69. The highest BCUT2D eigenvalue weighted by Crippen LogP contribution is 2.32. The lowest BCUT2D eigenvalue weighted by Gasteiger charge is -2.23. The first-order valence-corrected chi connectivity index (χ1v) is 9.41. The van der Waals surface area contributed by atoms with Gasteiger partial charge >= 0.3 is 0 Å². The van der Waals surface area contributed by atoms with Crippen molar-refractivity contribution in [3.8, 4) is 17.2 Å². The Kier molecular flexibility index (Phi) is 5.89. The minimum absolute atomic E-state index is 0.127. The first kappa shape index (κ1) is 19.1. The van der Waals surface area contributed by atoms with Gasteiger partial charge in [-0.2, -0.15) is 0 Å². The summed E-state index contributed by atoms with van der Waals surface area (Å²) < 4.78 is 17.1. The van der Waals surface area contributed by atoms with E-state index in [9.17, 15) is 4.79 Å². The van der Waals surface area contributed by atoms with Gasteiger partial charge < -0.3 is 19.5 Å². The third kappa shape index (κ3) is 4.54. The number of carbonyl (C=O) groups excluding carboxylic acids is 1. The molecule has 3 rings (SSSR count). The second-order valence-corrected chi connectivity index (χ2v) is 6.89. The minimum Gasteiger partial charge on any atom is -0.486 e. The standard InChI is InChI=1S/C22H27NO4/c1-5-19(27-18-8-6-14(2)15(3)12-18)22(24)23-16(4)17-7-9-20-21(13-17)26-11-10-25-20/h6-9,12-13,16,19H,5,10-11H2,1-4H3,(H,23,24). The van der Waals surface area contributed by atoms with E-state index in [1.807, 2.05) is 57.2 Å². The molecule has 0 aliphatic carbocycles. The minimum atomic E-state index is -0.535. The van der Waals surface area contributed by atoms with Crippen LogP contribution in [0.5, 0.6) is 17.2 Å². The van der Waals surface area contributed by atoms with Gasteiger partial charge in [0, 0.05) is 0 Å². The van der Waals surface area contributed by atoms with Gasteiger partial charge in [-0.15, -0.1) is 0 Å². The zero-order valence-electron chi connectivity index (χ0n) is 16.4. The van der Waals surface area contributed by atoms with Crippen LogP contribution >= 0.6 is 0 Å². The number of amides is 1. The second kappa shape index (κ2) is 8.33. The molecule has 1 heterocycles. The van der Waals surface area contributed by atoms with Crippen molar-refractivity contribution in [3.05, 3.63) is 53.1 Å². The first-order chi connectivity index (χ1) is 13.0. The van der Waals surface area contributed by atoms with Gasteiger partial charge in [0.25, 0.3) is 5.91 Å². The number of aryl methyl sites for hydroxylation is 2. The van der Waals surface area contributed by atoms with Crippen LogP contribution in [0.1, 0.15) is 43.0 Å². The third-order valence-electron chi connectivity index (χ3n) is 4.84. The largest absolute Gasteiger partial charge is 0.486 e. The Morgan fingerprint density at radius 1 is 1.07 bits per heavy atom. The van der Waals surface area contributed by atoms with E-state index in [2.05, 4.69) is 12.2 Å². The number of carbonyl (C=O) groups is 1. The Bertz CT molecular complexity index is 818. The lowest BCUT2D eigenvalue weighted by Crippen LogP contribution is -2.39. The molecule has 0 radical (unpaired) electrons.